The highest BCUT2D eigenvalue weighted by Gasteiger charge is 2.18. The van der Waals surface area contributed by atoms with Crippen LogP contribution in [0.15, 0.2) is 36.4 Å². The monoisotopic (exact) mass is 327 g/mol. The molecule has 0 radical (unpaired) electrons. The van der Waals surface area contributed by atoms with E-state index in [1.54, 1.807) is 25.1 Å². The first-order valence-electron chi connectivity index (χ1n) is 6.13. The molecule has 0 saturated carbocycles. The number of aromatic carboxylic acids is 1. The molecule has 2 rings (SSSR count). The molecule has 3 nitrogen and oxygen atoms in total. The molecule has 2 N–H and O–H groups in total. The molecule has 0 amide bonds. The van der Waals surface area contributed by atoms with Crippen LogP contribution in [-0.2, 0) is 0 Å². The molecule has 21 heavy (non-hydrogen) atoms. The predicted octanol–water partition coefficient (Wildman–Crippen LogP) is 5.00. The third-order valence-electron chi connectivity index (χ3n) is 3.03. The summed E-state index contributed by atoms with van der Waals surface area (Å²) in [6.45, 7) is 1.80. The van der Waals surface area contributed by atoms with Crippen LogP contribution in [0.25, 0.3) is 0 Å². The topological polar surface area (TPSA) is 49.3 Å². The summed E-state index contributed by atoms with van der Waals surface area (Å²) >= 11 is 11.9. The van der Waals surface area contributed by atoms with Gasteiger partial charge in [-0.2, -0.15) is 0 Å². The van der Waals surface area contributed by atoms with E-state index in [1.165, 1.54) is 12.1 Å². The van der Waals surface area contributed by atoms with E-state index in [0.29, 0.717) is 10.0 Å². The zero-order chi connectivity index (χ0) is 15.6. The molecule has 0 bridgehead atoms. The molecule has 2 aromatic rings. The van der Waals surface area contributed by atoms with Crippen LogP contribution in [-0.4, -0.2) is 11.1 Å². The lowest BCUT2D eigenvalue weighted by Crippen LogP contribution is -2.12. The number of carboxylic acid groups (broad SMARTS) is 1. The molecular weight excluding hydrogens is 316 g/mol. The van der Waals surface area contributed by atoms with Crippen LogP contribution in [0.3, 0.4) is 0 Å². The van der Waals surface area contributed by atoms with E-state index < -0.39 is 17.3 Å². The van der Waals surface area contributed by atoms with Gasteiger partial charge in [0.25, 0.3) is 0 Å². The van der Waals surface area contributed by atoms with Gasteiger partial charge >= 0.3 is 5.97 Å². The Morgan fingerprint density at radius 2 is 2.00 bits per heavy atom. The van der Waals surface area contributed by atoms with Gasteiger partial charge in [-0.15, -0.1) is 0 Å². The molecule has 0 spiro atoms. The van der Waals surface area contributed by atoms with Crippen molar-refractivity contribution < 1.29 is 14.3 Å². The van der Waals surface area contributed by atoms with E-state index in [9.17, 15) is 9.18 Å². The SMILES string of the molecule is CC(Nc1cccc(F)c1C(=O)O)c1ccc(Cl)cc1Cl. The molecule has 0 saturated heterocycles. The maximum Gasteiger partial charge on any atom is 0.340 e. The van der Waals surface area contributed by atoms with Crippen LogP contribution in [0, 0.1) is 5.82 Å². The molecule has 1 unspecified atom stereocenters. The predicted molar refractivity (Wildman–Crippen MR) is 81.9 cm³/mol. The summed E-state index contributed by atoms with van der Waals surface area (Å²) < 4.78 is 13.6. The van der Waals surface area contributed by atoms with Crippen molar-refractivity contribution in [3.63, 3.8) is 0 Å². The van der Waals surface area contributed by atoms with Gasteiger partial charge in [-0.3, -0.25) is 0 Å². The van der Waals surface area contributed by atoms with Crippen molar-refractivity contribution in [2.75, 3.05) is 5.32 Å². The molecule has 2 aromatic carbocycles. The van der Waals surface area contributed by atoms with E-state index in [4.69, 9.17) is 28.3 Å². The van der Waals surface area contributed by atoms with Gasteiger partial charge in [0.15, 0.2) is 0 Å². The molecule has 0 aromatic heterocycles. The normalized spacial score (nSPS) is 12.0. The Labute approximate surface area is 131 Å². The zero-order valence-corrected chi connectivity index (χ0v) is 12.5. The van der Waals surface area contributed by atoms with E-state index in [2.05, 4.69) is 5.32 Å². The third-order valence-corrected chi connectivity index (χ3v) is 3.59. The molecule has 0 aliphatic rings. The van der Waals surface area contributed by atoms with Crippen LogP contribution in [0.4, 0.5) is 10.1 Å². The van der Waals surface area contributed by atoms with Crippen molar-refractivity contribution >= 4 is 34.9 Å². The van der Waals surface area contributed by atoms with Gasteiger partial charge in [0, 0.05) is 10.0 Å². The van der Waals surface area contributed by atoms with Gasteiger partial charge in [-0.25, -0.2) is 9.18 Å². The second kappa shape index (κ2) is 6.33. The van der Waals surface area contributed by atoms with Crippen molar-refractivity contribution in [3.05, 3.63) is 63.4 Å². The quantitative estimate of drug-likeness (QED) is 0.830. The van der Waals surface area contributed by atoms with Crippen LogP contribution >= 0.6 is 23.2 Å². The van der Waals surface area contributed by atoms with Crippen LogP contribution in [0.5, 0.6) is 0 Å². The highest BCUT2D eigenvalue weighted by atomic mass is 35.5. The molecule has 0 heterocycles. The summed E-state index contributed by atoms with van der Waals surface area (Å²) in [4.78, 5) is 11.1. The Bertz CT molecular complexity index is 691. The summed E-state index contributed by atoms with van der Waals surface area (Å²) in [7, 11) is 0. The average molecular weight is 328 g/mol. The van der Waals surface area contributed by atoms with Crippen molar-refractivity contribution in [1.29, 1.82) is 0 Å². The molecule has 6 heteroatoms. The summed E-state index contributed by atoms with van der Waals surface area (Å²) in [5.74, 6) is -2.12. The van der Waals surface area contributed by atoms with Crippen LogP contribution in [0.1, 0.15) is 28.9 Å². The summed E-state index contributed by atoms with van der Waals surface area (Å²) in [6.07, 6.45) is 0. The summed E-state index contributed by atoms with van der Waals surface area (Å²) in [5, 5.41) is 13.0. The Balaban J connectivity index is 2.34. The molecule has 110 valence electrons. The number of carboxylic acids is 1. The molecule has 1 atom stereocenters. The minimum absolute atomic E-state index is 0.195. The lowest BCUT2D eigenvalue weighted by molar-refractivity contribution is 0.0693. The number of nitrogens with one attached hydrogen (secondary N) is 1. The second-order valence-corrected chi connectivity index (χ2v) is 5.34. The highest BCUT2D eigenvalue weighted by molar-refractivity contribution is 6.35. The fraction of sp³-hybridized carbons (Fsp3) is 0.133. The number of hydrogen-bond acceptors (Lipinski definition) is 2. The van der Waals surface area contributed by atoms with Gasteiger partial charge in [-0.05, 0) is 36.8 Å². The zero-order valence-electron chi connectivity index (χ0n) is 11.0. The van der Waals surface area contributed by atoms with Crippen molar-refractivity contribution in [1.82, 2.24) is 0 Å². The Kier molecular flexibility index (Phi) is 4.70. The fourth-order valence-corrected chi connectivity index (χ4v) is 2.60. The minimum Gasteiger partial charge on any atom is -0.478 e. The second-order valence-electron chi connectivity index (χ2n) is 4.50. The molecule has 0 aliphatic carbocycles. The number of benzene rings is 2. The molecule has 0 aliphatic heterocycles. The fourth-order valence-electron chi connectivity index (χ4n) is 2.03. The first-order chi connectivity index (χ1) is 9.90. The minimum atomic E-state index is -1.33. The summed E-state index contributed by atoms with van der Waals surface area (Å²) in [5.41, 5.74) is 0.539. The lowest BCUT2D eigenvalue weighted by Gasteiger charge is -2.18. The standard InChI is InChI=1S/C15H12Cl2FNO2/c1-8(10-6-5-9(16)7-11(10)17)19-13-4-2-3-12(18)14(13)15(20)21/h2-8,19H,1H3,(H,20,21). The lowest BCUT2D eigenvalue weighted by atomic mass is 10.1. The van der Waals surface area contributed by atoms with Gasteiger partial charge < -0.3 is 10.4 Å². The van der Waals surface area contributed by atoms with Crippen molar-refractivity contribution in [3.8, 4) is 0 Å². The van der Waals surface area contributed by atoms with E-state index in [1.807, 2.05) is 0 Å². The van der Waals surface area contributed by atoms with Crippen molar-refractivity contribution in [2.45, 2.75) is 13.0 Å². The Morgan fingerprint density at radius 1 is 1.29 bits per heavy atom. The largest absolute Gasteiger partial charge is 0.478 e. The first-order valence-corrected chi connectivity index (χ1v) is 6.89. The third kappa shape index (κ3) is 3.46. The first kappa shape index (κ1) is 15.6. The number of anilines is 1. The van der Waals surface area contributed by atoms with Crippen LogP contribution in [0.2, 0.25) is 10.0 Å². The average Bonchev–Trinajstić information content (AvgIpc) is 2.37. The molecule has 0 fully saturated rings. The number of halogens is 3. The highest BCUT2D eigenvalue weighted by Crippen LogP contribution is 2.30. The Hall–Kier alpha value is -1.78. The van der Waals surface area contributed by atoms with Gasteiger partial charge in [-0.1, -0.05) is 35.3 Å². The smallest absolute Gasteiger partial charge is 0.340 e. The maximum absolute atomic E-state index is 13.6. The Morgan fingerprint density at radius 3 is 2.62 bits per heavy atom. The maximum atomic E-state index is 13.6. The van der Waals surface area contributed by atoms with Gasteiger partial charge in [0.1, 0.15) is 11.4 Å². The van der Waals surface area contributed by atoms with E-state index >= 15 is 0 Å². The summed E-state index contributed by atoms with van der Waals surface area (Å²) in [6, 6.07) is 8.77. The van der Waals surface area contributed by atoms with Crippen LogP contribution < -0.4 is 5.32 Å². The van der Waals surface area contributed by atoms with E-state index in [-0.39, 0.29) is 11.7 Å². The van der Waals surface area contributed by atoms with Gasteiger partial charge in [0.05, 0.1) is 11.7 Å². The number of carbonyl (C=O) groups is 1. The number of rotatable bonds is 4. The number of hydrogen-bond donors (Lipinski definition) is 2. The van der Waals surface area contributed by atoms with Crippen molar-refractivity contribution in [2.24, 2.45) is 0 Å². The van der Waals surface area contributed by atoms with Gasteiger partial charge in [0.2, 0.25) is 0 Å². The molecular formula is C15H12Cl2FNO2. The van der Waals surface area contributed by atoms with E-state index in [0.717, 1.165) is 11.6 Å².